The van der Waals surface area contributed by atoms with Crippen LogP contribution in [0.15, 0.2) is 64.7 Å². The van der Waals surface area contributed by atoms with Gasteiger partial charge >= 0.3 is 12.0 Å². The molecule has 0 saturated heterocycles. The molecule has 1 heterocycles. The molecule has 10 heteroatoms. The van der Waals surface area contributed by atoms with Gasteiger partial charge in [-0.1, -0.05) is 23.7 Å². The number of ether oxygens (including phenoxy) is 2. The summed E-state index contributed by atoms with van der Waals surface area (Å²) in [6, 6.07) is 11.0. The van der Waals surface area contributed by atoms with E-state index in [1.54, 1.807) is 31.2 Å². The fourth-order valence-corrected chi connectivity index (χ4v) is 4.72. The fourth-order valence-electron chi connectivity index (χ4n) is 3.27. The Morgan fingerprint density at radius 3 is 2.28 bits per heavy atom. The molecule has 2 N–H and O–H groups in total. The van der Waals surface area contributed by atoms with Crippen molar-refractivity contribution in [2.24, 2.45) is 0 Å². The van der Waals surface area contributed by atoms with E-state index in [1.807, 2.05) is 6.92 Å². The summed E-state index contributed by atoms with van der Waals surface area (Å²) in [6.07, 6.45) is 0. The molecule has 0 bridgehead atoms. The third kappa shape index (κ3) is 5.41. The summed E-state index contributed by atoms with van der Waals surface area (Å²) < 4.78 is 36.6. The highest BCUT2D eigenvalue weighted by molar-refractivity contribution is 7.91. The van der Waals surface area contributed by atoms with Gasteiger partial charge in [0.1, 0.15) is 5.75 Å². The van der Waals surface area contributed by atoms with Crippen LogP contribution in [0.4, 0.5) is 4.79 Å². The summed E-state index contributed by atoms with van der Waals surface area (Å²) in [6.45, 7) is 4.08. The minimum absolute atomic E-state index is 0.0167. The first-order chi connectivity index (χ1) is 15.2. The van der Waals surface area contributed by atoms with E-state index in [-0.39, 0.29) is 22.8 Å². The number of nitrogens with one attached hydrogen (secondary N) is 2. The van der Waals surface area contributed by atoms with Gasteiger partial charge in [-0.15, -0.1) is 0 Å². The standard InChI is InChI=1S/C22H23ClN2O6S/c1-3-30-16-9-5-14(6-10-16)20-19(21(26)31-4-2)18(24-22(27)25-20)13-32(28,29)17-11-7-15(23)8-12-17/h5-12,20H,3-4,13H2,1-2H3,(H2,24,25,27)/t20-/m1/s1. The molecule has 1 aliphatic rings. The lowest BCUT2D eigenvalue weighted by Gasteiger charge is -2.29. The molecule has 0 aliphatic carbocycles. The highest BCUT2D eigenvalue weighted by atomic mass is 35.5. The maximum atomic E-state index is 13.0. The Bertz CT molecular complexity index is 1130. The second kappa shape index (κ2) is 10.1. The van der Waals surface area contributed by atoms with Crippen LogP contribution in [0, 0.1) is 0 Å². The van der Waals surface area contributed by atoms with Gasteiger partial charge in [-0.25, -0.2) is 18.0 Å². The molecule has 8 nitrogen and oxygen atoms in total. The summed E-state index contributed by atoms with van der Waals surface area (Å²) in [5, 5.41) is 5.54. The van der Waals surface area contributed by atoms with Crippen molar-refractivity contribution in [1.29, 1.82) is 0 Å². The lowest BCUT2D eigenvalue weighted by atomic mass is 9.95. The maximum Gasteiger partial charge on any atom is 0.338 e. The van der Waals surface area contributed by atoms with E-state index in [9.17, 15) is 18.0 Å². The molecule has 0 aromatic heterocycles. The van der Waals surface area contributed by atoms with E-state index in [1.165, 1.54) is 24.3 Å². The second-order valence-electron chi connectivity index (χ2n) is 6.86. The number of benzene rings is 2. The van der Waals surface area contributed by atoms with Gasteiger partial charge in [0.15, 0.2) is 9.84 Å². The number of amides is 2. The Kier molecular flexibility index (Phi) is 7.42. The Morgan fingerprint density at radius 2 is 1.69 bits per heavy atom. The van der Waals surface area contributed by atoms with Crippen LogP contribution in [0.1, 0.15) is 25.5 Å². The third-order valence-electron chi connectivity index (χ3n) is 4.68. The van der Waals surface area contributed by atoms with Crippen LogP contribution < -0.4 is 15.4 Å². The zero-order chi connectivity index (χ0) is 23.3. The van der Waals surface area contributed by atoms with Crippen LogP contribution in [0.2, 0.25) is 5.02 Å². The van der Waals surface area contributed by atoms with Gasteiger partial charge in [0.25, 0.3) is 0 Å². The van der Waals surface area contributed by atoms with Crippen molar-refractivity contribution in [3.8, 4) is 5.75 Å². The number of rotatable bonds is 8. The molecule has 0 radical (unpaired) electrons. The zero-order valence-electron chi connectivity index (χ0n) is 17.6. The van der Waals surface area contributed by atoms with Crippen molar-refractivity contribution in [1.82, 2.24) is 10.6 Å². The molecular formula is C22H23ClN2O6S. The van der Waals surface area contributed by atoms with E-state index in [0.717, 1.165) is 0 Å². The van der Waals surface area contributed by atoms with Crippen molar-refractivity contribution in [3.63, 3.8) is 0 Å². The number of carbonyl (C=O) groups excluding carboxylic acids is 2. The molecule has 32 heavy (non-hydrogen) atoms. The highest BCUT2D eigenvalue weighted by Crippen LogP contribution is 2.30. The number of sulfone groups is 1. The SMILES string of the molecule is CCOC(=O)C1=C(CS(=O)(=O)c2ccc(Cl)cc2)NC(=O)N[C@@H]1c1ccc(OCC)cc1. The van der Waals surface area contributed by atoms with Crippen LogP contribution in [0.3, 0.4) is 0 Å². The Hall–Kier alpha value is -3.04. The molecular weight excluding hydrogens is 456 g/mol. The van der Waals surface area contributed by atoms with Crippen LogP contribution in [0.25, 0.3) is 0 Å². The van der Waals surface area contributed by atoms with Crippen LogP contribution in [-0.2, 0) is 19.4 Å². The Balaban J connectivity index is 2.05. The lowest BCUT2D eigenvalue weighted by molar-refractivity contribution is -0.139. The van der Waals surface area contributed by atoms with E-state index in [2.05, 4.69) is 10.6 Å². The maximum absolute atomic E-state index is 13.0. The minimum atomic E-state index is -3.89. The van der Waals surface area contributed by atoms with Crippen LogP contribution in [0.5, 0.6) is 5.75 Å². The average Bonchev–Trinajstić information content (AvgIpc) is 2.74. The number of carbonyl (C=O) groups is 2. The van der Waals surface area contributed by atoms with Crippen molar-refractivity contribution in [3.05, 3.63) is 70.4 Å². The van der Waals surface area contributed by atoms with Gasteiger partial charge in [-0.05, 0) is 55.8 Å². The van der Waals surface area contributed by atoms with Gasteiger partial charge in [0, 0.05) is 10.7 Å². The highest BCUT2D eigenvalue weighted by Gasteiger charge is 2.35. The Labute approximate surface area is 191 Å². The molecule has 1 aliphatic heterocycles. The number of hydrogen-bond acceptors (Lipinski definition) is 6. The molecule has 1 atom stereocenters. The number of halogens is 1. The number of hydrogen-bond donors (Lipinski definition) is 2. The molecule has 3 rings (SSSR count). The summed E-state index contributed by atoms with van der Waals surface area (Å²) in [4.78, 5) is 25.2. The number of urea groups is 1. The molecule has 0 spiro atoms. The predicted molar refractivity (Wildman–Crippen MR) is 119 cm³/mol. The lowest BCUT2D eigenvalue weighted by Crippen LogP contribution is -2.47. The predicted octanol–water partition coefficient (Wildman–Crippen LogP) is 3.38. The quantitative estimate of drug-likeness (QED) is 0.563. The first kappa shape index (κ1) is 23.6. The monoisotopic (exact) mass is 478 g/mol. The largest absolute Gasteiger partial charge is 0.494 e. The number of esters is 1. The van der Waals surface area contributed by atoms with Crippen molar-refractivity contribution < 1.29 is 27.5 Å². The second-order valence-corrected chi connectivity index (χ2v) is 9.29. The van der Waals surface area contributed by atoms with Crippen LogP contribution in [-0.4, -0.2) is 39.4 Å². The topological polar surface area (TPSA) is 111 Å². The molecule has 2 aromatic rings. The van der Waals surface area contributed by atoms with Gasteiger partial charge < -0.3 is 20.1 Å². The smallest absolute Gasteiger partial charge is 0.338 e. The zero-order valence-corrected chi connectivity index (χ0v) is 19.1. The van der Waals surface area contributed by atoms with Crippen molar-refractivity contribution in [2.45, 2.75) is 24.8 Å². The van der Waals surface area contributed by atoms with Gasteiger partial charge in [-0.2, -0.15) is 0 Å². The molecule has 0 fully saturated rings. The molecule has 170 valence electrons. The molecule has 0 saturated carbocycles. The van der Waals surface area contributed by atoms with Crippen molar-refractivity contribution >= 4 is 33.4 Å². The summed E-state index contributed by atoms with van der Waals surface area (Å²) in [7, 11) is -3.89. The van der Waals surface area contributed by atoms with Crippen molar-refractivity contribution in [2.75, 3.05) is 19.0 Å². The van der Waals surface area contributed by atoms with E-state index < -0.39 is 33.6 Å². The summed E-state index contributed by atoms with van der Waals surface area (Å²) >= 11 is 5.85. The first-order valence-corrected chi connectivity index (χ1v) is 12.0. The molecule has 2 aromatic carbocycles. The Morgan fingerprint density at radius 1 is 1.03 bits per heavy atom. The molecule has 0 unspecified atom stereocenters. The van der Waals surface area contributed by atoms with Gasteiger partial charge in [-0.3, -0.25) is 0 Å². The summed E-state index contributed by atoms with van der Waals surface area (Å²) in [5.74, 6) is -0.687. The van der Waals surface area contributed by atoms with Gasteiger partial charge in [0.2, 0.25) is 0 Å². The minimum Gasteiger partial charge on any atom is -0.494 e. The summed E-state index contributed by atoms with van der Waals surface area (Å²) in [5.41, 5.74) is 0.557. The van der Waals surface area contributed by atoms with E-state index in [0.29, 0.717) is 22.9 Å². The third-order valence-corrected chi connectivity index (χ3v) is 6.59. The normalized spacial score (nSPS) is 16.2. The first-order valence-electron chi connectivity index (χ1n) is 9.94. The van der Waals surface area contributed by atoms with Crippen LogP contribution >= 0.6 is 11.6 Å². The molecule has 2 amide bonds. The van der Waals surface area contributed by atoms with E-state index in [4.69, 9.17) is 21.1 Å². The van der Waals surface area contributed by atoms with Gasteiger partial charge in [0.05, 0.1) is 35.5 Å². The fraction of sp³-hybridized carbons (Fsp3) is 0.273. The average molecular weight is 479 g/mol. The van der Waals surface area contributed by atoms with E-state index >= 15 is 0 Å².